The summed E-state index contributed by atoms with van der Waals surface area (Å²) < 4.78 is 6.45. The molecule has 2 N–H and O–H groups in total. The Bertz CT molecular complexity index is 572. The van der Waals surface area contributed by atoms with Crippen LogP contribution in [0.4, 0.5) is 0 Å². The molecular formula is C12H15N3O3. The Balaban J connectivity index is 2.71. The number of para-hydroxylation sites is 2. The smallest absolute Gasteiger partial charge is 0.290 e. The highest BCUT2D eigenvalue weighted by molar-refractivity contribution is 5.67. The van der Waals surface area contributed by atoms with Crippen molar-refractivity contribution in [3.63, 3.8) is 0 Å². The Morgan fingerprint density at radius 1 is 1.11 bits per heavy atom. The third-order valence-corrected chi connectivity index (χ3v) is 2.88. The zero-order valence-corrected chi connectivity index (χ0v) is 10.1. The monoisotopic (exact) mass is 249 g/mol. The number of nitrogens with zero attached hydrogens (tertiary/aromatic N) is 2. The summed E-state index contributed by atoms with van der Waals surface area (Å²) in [7, 11) is 1.55. The van der Waals surface area contributed by atoms with Crippen molar-refractivity contribution >= 4 is 11.0 Å². The quantitative estimate of drug-likeness (QED) is 0.598. The first-order valence-corrected chi connectivity index (χ1v) is 5.65. The van der Waals surface area contributed by atoms with Crippen LogP contribution in [0.5, 0.6) is 0 Å². The number of ether oxygens (including phenoxy) is 1. The fraction of sp³-hybridized carbons (Fsp3) is 0.333. The summed E-state index contributed by atoms with van der Waals surface area (Å²) in [6.45, 7) is 0.392. The van der Waals surface area contributed by atoms with Gasteiger partial charge in [-0.2, -0.15) is 9.46 Å². The van der Waals surface area contributed by atoms with Crippen LogP contribution in [-0.4, -0.2) is 13.7 Å². The number of methoxy groups -OCH3 is 1. The summed E-state index contributed by atoms with van der Waals surface area (Å²) in [6, 6.07) is 6.66. The van der Waals surface area contributed by atoms with Gasteiger partial charge in [0, 0.05) is 19.2 Å². The van der Waals surface area contributed by atoms with E-state index in [1.807, 2.05) is 0 Å². The lowest BCUT2D eigenvalue weighted by molar-refractivity contribution is -0.640. The van der Waals surface area contributed by atoms with E-state index in [4.69, 9.17) is 10.5 Å². The molecule has 2 rings (SSSR count). The molecule has 2 aromatic rings. The van der Waals surface area contributed by atoms with E-state index in [0.717, 1.165) is 9.46 Å². The summed E-state index contributed by atoms with van der Waals surface area (Å²) >= 11 is 0. The zero-order valence-electron chi connectivity index (χ0n) is 10.1. The van der Waals surface area contributed by atoms with Gasteiger partial charge in [-0.3, -0.25) is 0 Å². The molecule has 0 saturated carbocycles. The van der Waals surface area contributed by atoms with Crippen LogP contribution in [0.2, 0.25) is 0 Å². The normalized spacial score (nSPS) is 11.0. The molecule has 6 heteroatoms. The molecular weight excluding hydrogens is 234 g/mol. The SMILES string of the molecule is COCCc1c(CN)[n+]([O-])c2ccccc2[n+]1[O-]. The average molecular weight is 249 g/mol. The molecule has 0 amide bonds. The molecule has 0 bridgehead atoms. The number of hydrogen-bond donors (Lipinski definition) is 1. The third-order valence-electron chi connectivity index (χ3n) is 2.88. The van der Waals surface area contributed by atoms with Crippen molar-refractivity contribution in [2.45, 2.75) is 13.0 Å². The van der Waals surface area contributed by atoms with Crippen molar-refractivity contribution in [2.75, 3.05) is 13.7 Å². The summed E-state index contributed by atoms with van der Waals surface area (Å²) in [4.78, 5) is 0. The molecule has 0 fully saturated rings. The lowest BCUT2D eigenvalue weighted by Gasteiger charge is -2.11. The van der Waals surface area contributed by atoms with E-state index in [1.165, 1.54) is 0 Å². The van der Waals surface area contributed by atoms with Gasteiger partial charge in [0.05, 0.1) is 19.6 Å². The Morgan fingerprint density at radius 2 is 1.67 bits per heavy atom. The number of rotatable bonds is 4. The molecule has 0 aliphatic heterocycles. The minimum absolute atomic E-state index is 0.0234. The molecule has 0 aliphatic carbocycles. The van der Waals surface area contributed by atoms with Crippen molar-refractivity contribution < 1.29 is 14.2 Å². The summed E-state index contributed by atoms with van der Waals surface area (Å²) in [5.74, 6) is 0. The maximum absolute atomic E-state index is 12.2. The summed E-state index contributed by atoms with van der Waals surface area (Å²) in [5.41, 5.74) is 6.90. The molecule has 0 aliphatic rings. The Morgan fingerprint density at radius 3 is 2.17 bits per heavy atom. The molecule has 0 unspecified atom stereocenters. The van der Waals surface area contributed by atoms with Gasteiger partial charge in [0.1, 0.15) is 0 Å². The van der Waals surface area contributed by atoms with E-state index < -0.39 is 0 Å². The third kappa shape index (κ3) is 1.96. The van der Waals surface area contributed by atoms with Crippen LogP contribution in [-0.2, 0) is 17.7 Å². The molecule has 6 nitrogen and oxygen atoms in total. The molecule has 0 radical (unpaired) electrons. The predicted molar refractivity (Wildman–Crippen MR) is 65.3 cm³/mol. The van der Waals surface area contributed by atoms with Crippen molar-refractivity contribution in [1.82, 2.24) is 0 Å². The Labute approximate surface area is 104 Å². The largest absolute Gasteiger partial charge is 0.618 e. The lowest BCUT2D eigenvalue weighted by Crippen LogP contribution is -2.47. The molecule has 18 heavy (non-hydrogen) atoms. The maximum atomic E-state index is 12.2. The molecule has 0 atom stereocenters. The second-order valence-corrected chi connectivity index (χ2v) is 3.92. The topological polar surface area (TPSA) is 89.1 Å². The van der Waals surface area contributed by atoms with Crippen LogP contribution in [0.3, 0.4) is 0 Å². The van der Waals surface area contributed by atoms with E-state index in [9.17, 15) is 10.4 Å². The first-order chi connectivity index (χ1) is 8.70. The fourth-order valence-electron chi connectivity index (χ4n) is 1.98. The van der Waals surface area contributed by atoms with Gasteiger partial charge in [-0.25, -0.2) is 0 Å². The van der Waals surface area contributed by atoms with Crippen molar-refractivity contribution in [3.8, 4) is 0 Å². The van der Waals surface area contributed by atoms with Gasteiger partial charge in [-0.1, -0.05) is 12.1 Å². The number of aromatic nitrogens is 2. The highest BCUT2D eigenvalue weighted by Crippen LogP contribution is 2.09. The molecule has 0 saturated heterocycles. The van der Waals surface area contributed by atoms with Crippen molar-refractivity contribution in [2.24, 2.45) is 5.73 Å². The van der Waals surface area contributed by atoms with Crippen molar-refractivity contribution in [3.05, 3.63) is 46.1 Å². The molecule has 96 valence electrons. The molecule has 1 aromatic heterocycles. The second-order valence-electron chi connectivity index (χ2n) is 3.92. The number of benzene rings is 1. The van der Waals surface area contributed by atoms with Gasteiger partial charge in [-0.15, -0.1) is 0 Å². The van der Waals surface area contributed by atoms with E-state index in [1.54, 1.807) is 31.4 Å². The minimum Gasteiger partial charge on any atom is -0.618 e. The van der Waals surface area contributed by atoms with Crippen LogP contribution < -0.4 is 15.2 Å². The minimum atomic E-state index is 0.0234. The van der Waals surface area contributed by atoms with Gasteiger partial charge in [0.15, 0.2) is 0 Å². The predicted octanol–water partition coefficient (Wildman–Crippen LogP) is -0.246. The van der Waals surface area contributed by atoms with Gasteiger partial charge >= 0.3 is 0 Å². The van der Waals surface area contributed by atoms with Crippen LogP contribution in [0.25, 0.3) is 11.0 Å². The summed E-state index contributed by atoms with van der Waals surface area (Å²) in [6.07, 6.45) is 0.361. The van der Waals surface area contributed by atoms with Gasteiger partial charge in [0.2, 0.25) is 0 Å². The number of hydrogen-bond acceptors (Lipinski definition) is 4. The van der Waals surface area contributed by atoms with E-state index in [2.05, 4.69) is 0 Å². The zero-order chi connectivity index (χ0) is 13.1. The van der Waals surface area contributed by atoms with Crippen LogP contribution >= 0.6 is 0 Å². The standard InChI is InChI=1S/C12H15N3O3/c1-18-7-6-11-12(8-13)15(17)10-5-3-2-4-9(10)14(11)16/h2-5H,6-8,13H2,1H3. The van der Waals surface area contributed by atoms with Crippen molar-refractivity contribution in [1.29, 1.82) is 0 Å². The summed E-state index contributed by atoms with van der Waals surface area (Å²) in [5, 5.41) is 24.4. The Hall–Kier alpha value is -1.92. The number of nitrogens with two attached hydrogens (primary N) is 1. The van der Waals surface area contributed by atoms with Crippen LogP contribution in [0.1, 0.15) is 11.4 Å². The maximum Gasteiger partial charge on any atom is 0.290 e. The highest BCUT2D eigenvalue weighted by atomic mass is 16.5. The van der Waals surface area contributed by atoms with Crippen LogP contribution in [0, 0.1) is 10.4 Å². The number of fused-ring (bicyclic) bond motifs is 1. The Kier molecular flexibility index (Phi) is 3.59. The second kappa shape index (κ2) is 5.16. The average Bonchev–Trinajstić information content (AvgIpc) is 2.41. The van der Waals surface area contributed by atoms with Gasteiger partial charge < -0.3 is 20.9 Å². The van der Waals surface area contributed by atoms with E-state index in [-0.39, 0.29) is 6.54 Å². The van der Waals surface area contributed by atoms with Gasteiger partial charge in [0.25, 0.3) is 22.4 Å². The molecule has 1 heterocycles. The molecule has 0 spiro atoms. The van der Waals surface area contributed by atoms with E-state index >= 15 is 0 Å². The van der Waals surface area contributed by atoms with Crippen LogP contribution in [0.15, 0.2) is 24.3 Å². The first kappa shape index (κ1) is 12.5. The van der Waals surface area contributed by atoms with E-state index in [0.29, 0.717) is 35.4 Å². The lowest BCUT2D eigenvalue weighted by atomic mass is 10.2. The highest BCUT2D eigenvalue weighted by Gasteiger charge is 2.26. The first-order valence-electron chi connectivity index (χ1n) is 5.65. The fourth-order valence-corrected chi connectivity index (χ4v) is 1.98. The van der Waals surface area contributed by atoms with Gasteiger partial charge in [-0.05, 0) is 0 Å². The molecule has 1 aromatic carbocycles.